The number of aryl methyl sites for hydroxylation is 1. The van der Waals surface area contributed by atoms with Gasteiger partial charge in [0.25, 0.3) is 5.56 Å². The van der Waals surface area contributed by atoms with Gasteiger partial charge in [-0.25, -0.2) is 14.2 Å². The Morgan fingerprint density at radius 3 is 2.65 bits per heavy atom. The van der Waals surface area contributed by atoms with Crippen molar-refractivity contribution >= 4 is 46.0 Å². The number of halogens is 3. The lowest BCUT2D eigenvalue weighted by atomic mass is 9.88. The van der Waals surface area contributed by atoms with Crippen LogP contribution in [0, 0.1) is 5.82 Å². The molecule has 10 heteroatoms. The molecular formula is C24H25Cl2FN4O3. The van der Waals surface area contributed by atoms with Gasteiger partial charge >= 0.3 is 6.09 Å². The molecule has 7 nitrogen and oxygen atoms in total. The van der Waals surface area contributed by atoms with Crippen molar-refractivity contribution in [2.45, 2.75) is 38.3 Å². The van der Waals surface area contributed by atoms with E-state index in [1.54, 1.807) is 52.2 Å². The van der Waals surface area contributed by atoms with Crippen LogP contribution in [0.4, 0.5) is 15.0 Å². The number of nitrogens with zero attached hydrogens (tertiary/aromatic N) is 3. The van der Waals surface area contributed by atoms with Gasteiger partial charge in [0, 0.05) is 30.7 Å². The van der Waals surface area contributed by atoms with Crippen molar-refractivity contribution in [1.29, 1.82) is 0 Å². The van der Waals surface area contributed by atoms with Crippen molar-refractivity contribution in [3.8, 4) is 0 Å². The standard InChI is InChI=1S/C24H25Cl2FN4O3/c1-23(2,3)34-22(33)31-12-10-24(13-31,18-16(27)7-6-15(25)19(18)26)29-17-8-5-14-9-11-30(4)21(32)20(14)28-17/h5-9,11H,10,12-13H2,1-4H3,(H,28,29)/t24-/m0/s1. The van der Waals surface area contributed by atoms with E-state index in [-0.39, 0.29) is 33.2 Å². The van der Waals surface area contributed by atoms with Crippen molar-refractivity contribution in [3.05, 3.63) is 68.3 Å². The van der Waals surface area contributed by atoms with E-state index in [9.17, 15) is 9.59 Å². The number of pyridine rings is 2. The maximum absolute atomic E-state index is 15.2. The monoisotopic (exact) mass is 506 g/mol. The number of nitrogens with one attached hydrogen (secondary N) is 1. The number of rotatable bonds is 3. The fourth-order valence-corrected chi connectivity index (χ4v) is 4.64. The first-order chi connectivity index (χ1) is 15.9. The fourth-order valence-electron chi connectivity index (χ4n) is 4.14. The highest BCUT2D eigenvalue weighted by atomic mass is 35.5. The van der Waals surface area contributed by atoms with Crippen LogP contribution in [-0.4, -0.2) is 39.2 Å². The normalized spacial score (nSPS) is 18.4. The van der Waals surface area contributed by atoms with E-state index >= 15 is 4.39 Å². The van der Waals surface area contributed by atoms with Gasteiger partial charge in [0.1, 0.15) is 22.8 Å². The van der Waals surface area contributed by atoms with Gasteiger partial charge in [0.2, 0.25) is 0 Å². The Bertz CT molecular complexity index is 1340. The predicted octanol–water partition coefficient (Wildman–Crippen LogP) is 5.33. The molecule has 1 aliphatic heterocycles. The number of likely N-dealkylation sites (tertiary alicyclic amines) is 1. The molecule has 0 saturated carbocycles. The van der Waals surface area contributed by atoms with Crippen molar-refractivity contribution in [3.63, 3.8) is 0 Å². The van der Waals surface area contributed by atoms with Gasteiger partial charge in [0.05, 0.1) is 22.1 Å². The Kier molecular flexibility index (Phi) is 6.25. The number of anilines is 1. The molecular weight excluding hydrogens is 482 g/mol. The van der Waals surface area contributed by atoms with E-state index in [2.05, 4.69) is 10.3 Å². The Balaban J connectivity index is 1.80. The molecule has 0 unspecified atom stereocenters. The third-order valence-corrected chi connectivity index (χ3v) is 6.54. The topological polar surface area (TPSA) is 76.5 Å². The van der Waals surface area contributed by atoms with E-state index in [1.165, 1.54) is 21.6 Å². The maximum Gasteiger partial charge on any atom is 0.410 e. The number of ether oxygens (including phenoxy) is 1. The molecule has 3 aromatic rings. The van der Waals surface area contributed by atoms with E-state index in [0.717, 1.165) is 0 Å². The van der Waals surface area contributed by atoms with Crippen molar-refractivity contribution < 1.29 is 13.9 Å². The minimum Gasteiger partial charge on any atom is -0.444 e. The maximum atomic E-state index is 15.2. The summed E-state index contributed by atoms with van der Waals surface area (Å²) in [4.78, 5) is 31.4. The SMILES string of the molecule is Cn1ccc2ccc(N[C@@]3(c4c(F)ccc(Cl)c4Cl)CCN(C(=O)OC(C)(C)C)C3)nc2c1=O. The highest BCUT2D eigenvalue weighted by Gasteiger charge is 2.46. The smallest absolute Gasteiger partial charge is 0.410 e. The van der Waals surface area contributed by atoms with Crippen LogP contribution in [0.3, 0.4) is 0 Å². The van der Waals surface area contributed by atoms with E-state index in [1.807, 2.05) is 0 Å². The van der Waals surface area contributed by atoms with Gasteiger partial charge in [-0.05, 0) is 57.5 Å². The zero-order valence-corrected chi connectivity index (χ0v) is 20.8. The fraction of sp³-hybridized carbons (Fsp3) is 0.375. The number of carbonyl (C=O) groups is 1. The van der Waals surface area contributed by atoms with E-state index < -0.39 is 23.1 Å². The molecule has 180 valence electrons. The molecule has 1 atom stereocenters. The van der Waals surface area contributed by atoms with Crippen LogP contribution >= 0.6 is 23.2 Å². The largest absolute Gasteiger partial charge is 0.444 e. The first-order valence-electron chi connectivity index (χ1n) is 10.8. The molecule has 1 aromatic carbocycles. The molecule has 1 amide bonds. The van der Waals surface area contributed by atoms with Crippen molar-refractivity contribution in [2.24, 2.45) is 7.05 Å². The molecule has 1 aliphatic rings. The second-order valence-electron chi connectivity index (χ2n) is 9.44. The summed E-state index contributed by atoms with van der Waals surface area (Å²) in [6.45, 7) is 5.68. The summed E-state index contributed by atoms with van der Waals surface area (Å²) in [7, 11) is 1.64. The zero-order valence-electron chi connectivity index (χ0n) is 19.3. The summed E-state index contributed by atoms with van der Waals surface area (Å²) in [6.07, 6.45) is 1.46. The van der Waals surface area contributed by atoms with Gasteiger partial charge < -0.3 is 19.5 Å². The van der Waals surface area contributed by atoms with Gasteiger partial charge in [-0.1, -0.05) is 23.2 Å². The minimum atomic E-state index is -1.15. The average molecular weight is 507 g/mol. The van der Waals surface area contributed by atoms with Gasteiger partial charge in [0.15, 0.2) is 0 Å². The summed E-state index contributed by atoms with van der Waals surface area (Å²) < 4.78 is 22.2. The molecule has 0 aliphatic carbocycles. The average Bonchev–Trinajstić information content (AvgIpc) is 3.18. The summed E-state index contributed by atoms with van der Waals surface area (Å²) in [6, 6.07) is 7.88. The Hall–Kier alpha value is -2.84. The van der Waals surface area contributed by atoms with Crippen molar-refractivity contribution in [1.82, 2.24) is 14.5 Å². The molecule has 1 fully saturated rings. The molecule has 34 heavy (non-hydrogen) atoms. The molecule has 0 bridgehead atoms. The number of aromatic nitrogens is 2. The second kappa shape index (κ2) is 8.74. The first-order valence-corrected chi connectivity index (χ1v) is 11.5. The van der Waals surface area contributed by atoms with Gasteiger partial charge in [-0.2, -0.15) is 0 Å². The van der Waals surface area contributed by atoms with Gasteiger partial charge in [-0.15, -0.1) is 0 Å². The van der Waals surface area contributed by atoms with Crippen LogP contribution in [0.5, 0.6) is 0 Å². The number of hydrogen-bond donors (Lipinski definition) is 1. The molecule has 1 N–H and O–H groups in total. The second-order valence-corrected chi connectivity index (χ2v) is 10.2. The number of amides is 1. The Labute approximate surface area is 206 Å². The Morgan fingerprint density at radius 1 is 1.21 bits per heavy atom. The third kappa shape index (κ3) is 4.57. The highest BCUT2D eigenvalue weighted by Crippen LogP contribution is 2.43. The predicted molar refractivity (Wildman–Crippen MR) is 131 cm³/mol. The molecule has 4 rings (SSSR count). The molecule has 3 heterocycles. The van der Waals surface area contributed by atoms with E-state index in [4.69, 9.17) is 27.9 Å². The first kappa shape index (κ1) is 24.3. The lowest BCUT2D eigenvalue weighted by Gasteiger charge is -2.33. The number of fused-ring (bicyclic) bond motifs is 1. The van der Waals surface area contributed by atoms with Crippen molar-refractivity contribution in [2.75, 3.05) is 18.4 Å². The molecule has 2 aromatic heterocycles. The van der Waals surface area contributed by atoms with Crippen LogP contribution in [0.25, 0.3) is 10.9 Å². The van der Waals surface area contributed by atoms with E-state index in [0.29, 0.717) is 24.2 Å². The summed E-state index contributed by atoms with van der Waals surface area (Å²) in [5, 5.41) is 4.19. The third-order valence-electron chi connectivity index (χ3n) is 5.74. The van der Waals surface area contributed by atoms with Crippen LogP contribution < -0.4 is 10.9 Å². The summed E-state index contributed by atoms with van der Waals surface area (Å²) >= 11 is 12.7. The summed E-state index contributed by atoms with van der Waals surface area (Å²) in [5.74, 6) is -0.220. The van der Waals surface area contributed by atoms with Gasteiger partial charge in [-0.3, -0.25) is 4.79 Å². The summed E-state index contributed by atoms with van der Waals surface area (Å²) in [5.41, 5.74) is -1.69. The molecule has 1 saturated heterocycles. The van der Waals surface area contributed by atoms with Crippen LogP contribution in [0.15, 0.2) is 41.3 Å². The quantitative estimate of drug-likeness (QED) is 0.486. The number of benzene rings is 1. The lowest BCUT2D eigenvalue weighted by Crippen LogP contribution is -2.42. The molecule has 0 radical (unpaired) electrons. The lowest BCUT2D eigenvalue weighted by molar-refractivity contribution is 0.0286. The number of hydrogen-bond acceptors (Lipinski definition) is 5. The van der Waals surface area contributed by atoms with Crippen LogP contribution in [0.2, 0.25) is 10.0 Å². The zero-order chi connectivity index (χ0) is 24.8. The Morgan fingerprint density at radius 2 is 1.94 bits per heavy atom. The number of carbonyl (C=O) groups excluding carboxylic acids is 1. The highest BCUT2D eigenvalue weighted by molar-refractivity contribution is 6.42. The van der Waals surface area contributed by atoms with Crippen LogP contribution in [-0.2, 0) is 17.3 Å². The van der Waals surface area contributed by atoms with Crippen LogP contribution in [0.1, 0.15) is 32.8 Å². The molecule has 0 spiro atoms. The minimum absolute atomic E-state index is 0.0527.